The Labute approximate surface area is 223 Å². The van der Waals surface area contributed by atoms with Gasteiger partial charge < -0.3 is 29.7 Å². The van der Waals surface area contributed by atoms with Gasteiger partial charge in [-0.25, -0.2) is 4.79 Å². The molecule has 1 aromatic rings. The third-order valence-electron chi connectivity index (χ3n) is 6.89. The molecule has 212 valence electrons. The molecule has 5 rings (SSSR count). The van der Waals surface area contributed by atoms with Crippen molar-refractivity contribution in [3.8, 4) is 5.88 Å². The highest BCUT2D eigenvalue weighted by Crippen LogP contribution is 2.34. The second-order valence-electron chi connectivity index (χ2n) is 10.3. The highest BCUT2D eigenvalue weighted by Gasteiger charge is 2.44. The summed E-state index contributed by atoms with van der Waals surface area (Å²) in [5.74, 6) is -0.614. The van der Waals surface area contributed by atoms with Crippen molar-refractivity contribution < 1.29 is 37.0 Å². The van der Waals surface area contributed by atoms with Crippen LogP contribution in [0.25, 0.3) is 0 Å². The van der Waals surface area contributed by atoms with E-state index in [4.69, 9.17) is 14.2 Å². The van der Waals surface area contributed by atoms with Crippen LogP contribution in [0.5, 0.6) is 5.88 Å². The molecular formula is C25H31F3N6O5. The first-order valence-corrected chi connectivity index (χ1v) is 12.7. The monoisotopic (exact) mass is 552 g/mol. The van der Waals surface area contributed by atoms with E-state index in [1.54, 1.807) is 24.3 Å². The number of amides is 3. The van der Waals surface area contributed by atoms with Gasteiger partial charge in [-0.3, -0.25) is 15.0 Å². The van der Waals surface area contributed by atoms with Gasteiger partial charge in [0.05, 0.1) is 18.3 Å². The number of ether oxygens (including phenoxy) is 3. The van der Waals surface area contributed by atoms with E-state index in [0.717, 1.165) is 6.92 Å². The van der Waals surface area contributed by atoms with E-state index in [-0.39, 0.29) is 24.6 Å². The molecule has 0 aliphatic carbocycles. The maximum absolute atomic E-state index is 13.5. The minimum atomic E-state index is -4.57. The minimum absolute atomic E-state index is 0.192. The van der Waals surface area contributed by atoms with Gasteiger partial charge >= 0.3 is 12.2 Å². The van der Waals surface area contributed by atoms with Crippen molar-refractivity contribution in [1.29, 1.82) is 0 Å². The van der Waals surface area contributed by atoms with Crippen LogP contribution in [-0.4, -0.2) is 89.2 Å². The van der Waals surface area contributed by atoms with Crippen molar-refractivity contribution in [2.24, 2.45) is 0 Å². The Balaban J connectivity index is 1.26. The number of urea groups is 1. The molecule has 3 amide bonds. The number of aromatic nitrogens is 1. The molecule has 2 bridgehead atoms. The molecule has 0 aromatic carbocycles. The van der Waals surface area contributed by atoms with Gasteiger partial charge in [0.25, 0.3) is 0 Å². The molecule has 4 aliphatic rings. The number of rotatable bonds is 6. The molecule has 0 spiro atoms. The van der Waals surface area contributed by atoms with Crippen LogP contribution < -0.4 is 20.7 Å². The molecular weight excluding hydrogens is 521 g/mol. The predicted molar refractivity (Wildman–Crippen MR) is 132 cm³/mol. The molecule has 2 fully saturated rings. The van der Waals surface area contributed by atoms with Crippen LogP contribution in [0.1, 0.15) is 27.2 Å². The Morgan fingerprint density at radius 1 is 1.33 bits per heavy atom. The second kappa shape index (κ2) is 10.2. The van der Waals surface area contributed by atoms with Crippen LogP contribution >= 0.6 is 0 Å². The summed E-state index contributed by atoms with van der Waals surface area (Å²) in [6.07, 6.45) is -0.972. The standard InChI is InChI=1S/C25H31F3N6O5/c1-14(25(26,27)28)29-22(35)17-7-8-18-21(30-17)34(15-9-10-33(18)11-15)23(36)32-19-5-4-6-20(31-19)37-12-16-13-38-24(2,3)39-16/h4-8,14-17,30H,9-13H2,1-3H3,(H,29,35)(H,31,32,36)/t14-,15+,16-,17?/m1/s1. The quantitative estimate of drug-likeness (QED) is 0.493. The molecule has 0 saturated carbocycles. The van der Waals surface area contributed by atoms with Gasteiger partial charge in [-0.1, -0.05) is 12.1 Å². The number of allylic oxidation sites excluding steroid dienone is 1. The smallest absolute Gasteiger partial charge is 0.408 e. The summed E-state index contributed by atoms with van der Waals surface area (Å²) in [6.45, 7) is 6.43. The molecule has 0 radical (unpaired) electrons. The molecule has 4 aliphatic heterocycles. The van der Waals surface area contributed by atoms with Gasteiger partial charge in [-0.2, -0.15) is 18.2 Å². The number of hydrogen-bond donors (Lipinski definition) is 3. The Morgan fingerprint density at radius 2 is 2.13 bits per heavy atom. The number of carbonyl (C=O) groups is 2. The van der Waals surface area contributed by atoms with Gasteiger partial charge in [0.15, 0.2) is 5.79 Å². The summed E-state index contributed by atoms with van der Waals surface area (Å²) in [5, 5.41) is 7.72. The molecule has 39 heavy (non-hydrogen) atoms. The number of pyridine rings is 1. The van der Waals surface area contributed by atoms with E-state index in [1.807, 2.05) is 19.2 Å². The average Bonchev–Trinajstić information content (AvgIpc) is 3.45. The van der Waals surface area contributed by atoms with Crippen molar-refractivity contribution in [1.82, 2.24) is 25.4 Å². The van der Waals surface area contributed by atoms with Crippen LogP contribution in [0, 0.1) is 0 Å². The SMILES string of the molecule is C[C@@H](NC(=O)C1C=CC2=C(N1)N(C(=O)Nc1cccc(OC[C@@H]3COC(C)(C)O3)n1)[C@H]1CCN2C1)C(F)(F)F. The summed E-state index contributed by atoms with van der Waals surface area (Å²) in [6, 6.07) is 1.19. The normalized spacial score (nSPS) is 26.2. The number of halogens is 3. The summed E-state index contributed by atoms with van der Waals surface area (Å²) in [5.41, 5.74) is 0.693. The van der Waals surface area contributed by atoms with Crippen LogP contribution in [0.4, 0.5) is 23.8 Å². The van der Waals surface area contributed by atoms with E-state index in [0.29, 0.717) is 43.5 Å². The Kier molecular flexibility index (Phi) is 7.10. The van der Waals surface area contributed by atoms with E-state index >= 15 is 0 Å². The maximum atomic E-state index is 13.5. The highest BCUT2D eigenvalue weighted by molar-refractivity contribution is 5.91. The molecule has 3 N–H and O–H groups in total. The topological polar surface area (TPSA) is 117 Å². The van der Waals surface area contributed by atoms with Crippen LogP contribution in [0.3, 0.4) is 0 Å². The van der Waals surface area contributed by atoms with Gasteiger partial charge in [-0.15, -0.1) is 0 Å². The lowest BCUT2D eigenvalue weighted by Crippen LogP contribution is -2.57. The fourth-order valence-corrected chi connectivity index (χ4v) is 4.90. The molecule has 5 heterocycles. The number of anilines is 1. The Bertz CT molecular complexity index is 1190. The first-order chi connectivity index (χ1) is 18.4. The van der Waals surface area contributed by atoms with Crippen LogP contribution in [-0.2, 0) is 14.3 Å². The van der Waals surface area contributed by atoms with E-state index in [2.05, 4.69) is 20.5 Å². The Hall–Kier alpha value is -3.52. The summed E-state index contributed by atoms with van der Waals surface area (Å²) in [4.78, 5) is 34.0. The zero-order valence-corrected chi connectivity index (χ0v) is 21.7. The third-order valence-corrected chi connectivity index (χ3v) is 6.89. The third kappa shape index (κ3) is 5.91. The van der Waals surface area contributed by atoms with Crippen molar-refractivity contribution in [2.75, 3.05) is 31.6 Å². The fraction of sp³-hybridized carbons (Fsp3) is 0.560. The summed E-state index contributed by atoms with van der Waals surface area (Å²) in [7, 11) is 0. The van der Waals surface area contributed by atoms with Crippen molar-refractivity contribution in [3.63, 3.8) is 0 Å². The second-order valence-corrected chi connectivity index (χ2v) is 10.3. The molecule has 1 aromatic heterocycles. The van der Waals surface area contributed by atoms with Crippen LogP contribution in [0.2, 0.25) is 0 Å². The van der Waals surface area contributed by atoms with Crippen molar-refractivity contribution >= 4 is 17.8 Å². The molecule has 4 atom stereocenters. The van der Waals surface area contributed by atoms with Gasteiger partial charge in [-0.05, 0) is 39.3 Å². The number of carbonyl (C=O) groups excluding carboxylic acids is 2. The fourth-order valence-electron chi connectivity index (χ4n) is 4.90. The number of nitrogens with one attached hydrogen (secondary N) is 3. The lowest BCUT2D eigenvalue weighted by Gasteiger charge is -2.41. The van der Waals surface area contributed by atoms with Gasteiger partial charge in [0.1, 0.15) is 36.4 Å². The van der Waals surface area contributed by atoms with Gasteiger partial charge in [0.2, 0.25) is 11.8 Å². The van der Waals surface area contributed by atoms with Gasteiger partial charge in [0, 0.05) is 19.2 Å². The maximum Gasteiger partial charge on any atom is 0.408 e. The lowest BCUT2D eigenvalue weighted by molar-refractivity contribution is -0.158. The zero-order valence-electron chi connectivity index (χ0n) is 21.7. The average molecular weight is 553 g/mol. The van der Waals surface area contributed by atoms with Crippen LogP contribution in [0.15, 0.2) is 41.9 Å². The van der Waals surface area contributed by atoms with Crippen molar-refractivity contribution in [2.45, 2.75) is 63.4 Å². The van der Waals surface area contributed by atoms with Crippen molar-refractivity contribution in [3.05, 3.63) is 41.9 Å². The van der Waals surface area contributed by atoms with E-state index in [1.165, 1.54) is 11.0 Å². The Morgan fingerprint density at radius 3 is 2.85 bits per heavy atom. The summed E-state index contributed by atoms with van der Waals surface area (Å²) < 4.78 is 55.9. The number of nitrogens with zero attached hydrogens (tertiary/aromatic N) is 3. The molecule has 14 heteroatoms. The first-order valence-electron chi connectivity index (χ1n) is 12.7. The van der Waals surface area contributed by atoms with E-state index < -0.39 is 36.0 Å². The predicted octanol–water partition coefficient (Wildman–Crippen LogP) is 2.30. The van der Waals surface area contributed by atoms with E-state index in [9.17, 15) is 22.8 Å². The molecule has 2 saturated heterocycles. The largest absolute Gasteiger partial charge is 0.475 e. The lowest BCUT2D eigenvalue weighted by atomic mass is 10.1. The number of dihydropyridines is 1. The highest BCUT2D eigenvalue weighted by atomic mass is 19.4. The number of alkyl halides is 3. The number of fused-ring (bicyclic) bond motifs is 3. The molecule has 1 unspecified atom stereocenters. The zero-order chi connectivity index (χ0) is 27.9. The minimum Gasteiger partial charge on any atom is -0.475 e. The first kappa shape index (κ1) is 27.1. The molecule has 11 nitrogen and oxygen atoms in total. The number of hydrogen-bond acceptors (Lipinski definition) is 8. The summed E-state index contributed by atoms with van der Waals surface area (Å²) >= 11 is 0.